The number of hydrogen-bond donors (Lipinski definition) is 3. The van der Waals surface area contributed by atoms with E-state index in [0.29, 0.717) is 41.9 Å². The van der Waals surface area contributed by atoms with Crippen LogP contribution in [0.2, 0.25) is 0 Å². The number of aryl methyl sites for hydroxylation is 1. The van der Waals surface area contributed by atoms with Crippen molar-refractivity contribution in [3.63, 3.8) is 0 Å². The van der Waals surface area contributed by atoms with Crippen molar-refractivity contribution in [2.24, 2.45) is 0 Å². The Balaban J connectivity index is 1.58. The standard InChI is InChI=1S/C21H20N4O4/c1-12-15(3-2-4-17(12)25-19(27)9-10-22-21(25)29)24-20(28)14-5-7-16-13(11-14)6-8-18(26)23-16/h2-5,7,11H,6,8-10H2,1H3,(H,22,29)(H,23,26)(H,24,28). The first-order chi connectivity index (χ1) is 13.9. The lowest BCUT2D eigenvalue weighted by Gasteiger charge is -2.27. The highest BCUT2D eigenvalue weighted by Crippen LogP contribution is 2.29. The van der Waals surface area contributed by atoms with Gasteiger partial charge < -0.3 is 16.0 Å². The molecule has 0 saturated carbocycles. The molecule has 5 amide bonds. The lowest BCUT2D eigenvalue weighted by atomic mass is 10.00. The summed E-state index contributed by atoms with van der Waals surface area (Å²) in [7, 11) is 0. The van der Waals surface area contributed by atoms with Crippen LogP contribution in [-0.4, -0.2) is 30.3 Å². The van der Waals surface area contributed by atoms with Gasteiger partial charge in [-0.1, -0.05) is 6.07 Å². The molecule has 0 aromatic heterocycles. The number of nitrogens with one attached hydrogen (secondary N) is 3. The zero-order chi connectivity index (χ0) is 20.5. The van der Waals surface area contributed by atoms with Gasteiger partial charge in [0.2, 0.25) is 11.8 Å². The molecule has 0 unspecified atom stereocenters. The Morgan fingerprint density at radius 2 is 1.90 bits per heavy atom. The van der Waals surface area contributed by atoms with Crippen molar-refractivity contribution in [2.45, 2.75) is 26.2 Å². The maximum Gasteiger partial charge on any atom is 0.328 e. The Labute approximate surface area is 167 Å². The smallest absolute Gasteiger partial charge is 0.328 e. The fourth-order valence-corrected chi connectivity index (χ4v) is 3.54. The first-order valence-electron chi connectivity index (χ1n) is 9.38. The number of anilines is 3. The molecule has 2 aromatic carbocycles. The third kappa shape index (κ3) is 3.56. The lowest BCUT2D eigenvalue weighted by Crippen LogP contribution is -2.50. The van der Waals surface area contributed by atoms with Gasteiger partial charge in [-0.2, -0.15) is 0 Å². The number of fused-ring (bicyclic) bond motifs is 1. The molecule has 148 valence electrons. The van der Waals surface area contributed by atoms with Crippen LogP contribution in [-0.2, 0) is 16.0 Å². The molecular weight excluding hydrogens is 372 g/mol. The maximum absolute atomic E-state index is 12.8. The van der Waals surface area contributed by atoms with Crippen LogP contribution in [0, 0.1) is 6.92 Å². The van der Waals surface area contributed by atoms with Gasteiger partial charge in [-0.3, -0.25) is 14.4 Å². The fourth-order valence-electron chi connectivity index (χ4n) is 3.54. The molecule has 8 nitrogen and oxygen atoms in total. The van der Waals surface area contributed by atoms with Gasteiger partial charge in [0.15, 0.2) is 0 Å². The third-order valence-corrected chi connectivity index (χ3v) is 5.12. The van der Waals surface area contributed by atoms with E-state index in [1.54, 1.807) is 43.3 Å². The summed E-state index contributed by atoms with van der Waals surface area (Å²) in [6.07, 6.45) is 1.21. The van der Waals surface area contributed by atoms with Crippen molar-refractivity contribution in [2.75, 3.05) is 22.1 Å². The van der Waals surface area contributed by atoms with Gasteiger partial charge in [0.1, 0.15) is 0 Å². The normalized spacial score (nSPS) is 16.0. The molecule has 1 saturated heterocycles. The summed E-state index contributed by atoms with van der Waals surface area (Å²) in [5, 5.41) is 8.30. The summed E-state index contributed by atoms with van der Waals surface area (Å²) in [6, 6.07) is 9.77. The second-order valence-corrected chi connectivity index (χ2v) is 7.04. The van der Waals surface area contributed by atoms with Gasteiger partial charge in [-0.05, 0) is 54.8 Å². The van der Waals surface area contributed by atoms with Crippen LogP contribution in [0.3, 0.4) is 0 Å². The highest BCUT2D eigenvalue weighted by molar-refractivity contribution is 6.17. The Morgan fingerprint density at radius 3 is 2.69 bits per heavy atom. The zero-order valence-corrected chi connectivity index (χ0v) is 15.9. The predicted molar refractivity (Wildman–Crippen MR) is 108 cm³/mol. The van der Waals surface area contributed by atoms with Crippen molar-refractivity contribution in [1.29, 1.82) is 0 Å². The first kappa shape index (κ1) is 18.7. The van der Waals surface area contributed by atoms with Gasteiger partial charge in [0, 0.05) is 36.3 Å². The van der Waals surface area contributed by atoms with Crippen LogP contribution in [0.15, 0.2) is 36.4 Å². The minimum absolute atomic E-state index is 0.0292. The second-order valence-electron chi connectivity index (χ2n) is 7.04. The predicted octanol–water partition coefficient (Wildman–Crippen LogP) is 2.58. The number of rotatable bonds is 3. The largest absolute Gasteiger partial charge is 0.337 e. The average molecular weight is 392 g/mol. The van der Waals surface area contributed by atoms with Gasteiger partial charge in [0.05, 0.1) is 5.69 Å². The molecule has 0 radical (unpaired) electrons. The van der Waals surface area contributed by atoms with Crippen LogP contribution < -0.4 is 20.9 Å². The summed E-state index contributed by atoms with van der Waals surface area (Å²) in [5.41, 5.74) is 3.69. The summed E-state index contributed by atoms with van der Waals surface area (Å²) >= 11 is 0. The number of nitrogens with zero attached hydrogens (tertiary/aromatic N) is 1. The van der Waals surface area contributed by atoms with E-state index >= 15 is 0 Å². The molecule has 29 heavy (non-hydrogen) atoms. The van der Waals surface area contributed by atoms with Crippen molar-refractivity contribution >= 4 is 40.8 Å². The van der Waals surface area contributed by atoms with Gasteiger partial charge in [-0.25, -0.2) is 9.69 Å². The van der Waals surface area contributed by atoms with Crippen LogP contribution >= 0.6 is 0 Å². The fraction of sp³-hybridized carbons (Fsp3) is 0.238. The molecule has 2 aliphatic rings. The number of urea groups is 1. The zero-order valence-electron chi connectivity index (χ0n) is 15.9. The molecule has 0 spiro atoms. The summed E-state index contributed by atoms with van der Waals surface area (Å²) < 4.78 is 0. The first-order valence-corrected chi connectivity index (χ1v) is 9.38. The van der Waals surface area contributed by atoms with Crippen LogP contribution in [0.5, 0.6) is 0 Å². The molecular formula is C21H20N4O4. The molecule has 4 rings (SSSR count). The lowest BCUT2D eigenvalue weighted by molar-refractivity contribution is -0.118. The van der Waals surface area contributed by atoms with Crippen molar-refractivity contribution < 1.29 is 19.2 Å². The molecule has 0 atom stereocenters. The van der Waals surface area contributed by atoms with Gasteiger partial charge in [0.25, 0.3) is 5.91 Å². The number of imide groups is 1. The molecule has 0 aliphatic carbocycles. The highest BCUT2D eigenvalue weighted by atomic mass is 16.2. The van der Waals surface area contributed by atoms with Crippen LogP contribution in [0.25, 0.3) is 0 Å². The molecule has 2 aliphatic heterocycles. The monoisotopic (exact) mass is 392 g/mol. The summed E-state index contributed by atoms with van der Waals surface area (Å²) in [6.45, 7) is 2.07. The third-order valence-electron chi connectivity index (χ3n) is 5.12. The van der Waals surface area contributed by atoms with Crippen molar-refractivity contribution in [3.8, 4) is 0 Å². The average Bonchev–Trinajstić information content (AvgIpc) is 2.70. The summed E-state index contributed by atoms with van der Waals surface area (Å²) in [4.78, 5) is 49.7. The highest BCUT2D eigenvalue weighted by Gasteiger charge is 2.29. The molecule has 2 aromatic rings. The van der Waals surface area contributed by atoms with Crippen LogP contribution in [0.4, 0.5) is 21.9 Å². The Hall–Kier alpha value is -3.68. The maximum atomic E-state index is 12.8. The Kier molecular flexibility index (Phi) is 4.75. The van der Waals surface area contributed by atoms with Crippen molar-refractivity contribution in [3.05, 3.63) is 53.1 Å². The van der Waals surface area contributed by atoms with Gasteiger partial charge in [-0.15, -0.1) is 0 Å². The second kappa shape index (κ2) is 7.38. The quantitative estimate of drug-likeness (QED) is 0.746. The minimum atomic E-state index is -0.468. The van der Waals surface area contributed by atoms with E-state index in [4.69, 9.17) is 0 Å². The SMILES string of the molecule is Cc1c(NC(=O)c2ccc3c(c2)CCC(=O)N3)cccc1N1C(=O)CCNC1=O. The number of benzene rings is 2. The number of amides is 5. The summed E-state index contributed by atoms with van der Waals surface area (Å²) in [5.74, 6) is -0.616. The number of carbonyl (C=O) groups is 4. The van der Waals surface area contributed by atoms with Crippen molar-refractivity contribution in [1.82, 2.24) is 5.32 Å². The van der Waals surface area contributed by atoms with E-state index in [9.17, 15) is 19.2 Å². The molecule has 3 N–H and O–H groups in total. The van der Waals surface area contributed by atoms with Crippen LogP contribution in [0.1, 0.15) is 34.3 Å². The number of carbonyl (C=O) groups excluding carboxylic acids is 4. The van der Waals surface area contributed by atoms with E-state index in [2.05, 4.69) is 16.0 Å². The van der Waals surface area contributed by atoms with E-state index in [1.807, 2.05) is 0 Å². The van der Waals surface area contributed by atoms with E-state index < -0.39 is 6.03 Å². The number of hydrogen-bond acceptors (Lipinski definition) is 4. The molecule has 1 fully saturated rings. The van der Waals surface area contributed by atoms with E-state index in [-0.39, 0.29) is 24.1 Å². The molecule has 0 bridgehead atoms. The Bertz CT molecular complexity index is 1030. The topological polar surface area (TPSA) is 108 Å². The van der Waals surface area contributed by atoms with E-state index in [1.165, 1.54) is 0 Å². The minimum Gasteiger partial charge on any atom is -0.337 e. The Morgan fingerprint density at radius 1 is 1.07 bits per heavy atom. The van der Waals surface area contributed by atoms with E-state index in [0.717, 1.165) is 16.2 Å². The van der Waals surface area contributed by atoms with Gasteiger partial charge >= 0.3 is 6.03 Å². The molecule has 2 heterocycles. The molecule has 8 heteroatoms.